The maximum absolute atomic E-state index is 12.3. The van der Waals surface area contributed by atoms with E-state index in [0.717, 1.165) is 30.7 Å². The second-order valence-corrected chi connectivity index (χ2v) is 5.63. The third kappa shape index (κ3) is 2.42. The zero-order valence-corrected chi connectivity index (χ0v) is 12.4. The van der Waals surface area contributed by atoms with E-state index in [4.69, 9.17) is 4.42 Å². The third-order valence-electron chi connectivity index (χ3n) is 4.17. The van der Waals surface area contributed by atoms with Gasteiger partial charge in [0.15, 0.2) is 11.2 Å². The summed E-state index contributed by atoms with van der Waals surface area (Å²) in [5.41, 5.74) is 3.40. The van der Waals surface area contributed by atoms with E-state index in [2.05, 4.69) is 15.5 Å². The summed E-state index contributed by atoms with van der Waals surface area (Å²) < 4.78 is 5.53. The molecule has 0 spiro atoms. The number of carbonyl (C=O) groups is 1. The molecule has 1 aliphatic rings. The molecule has 0 radical (unpaired) electrons. The smallest absolute Gasteiger partial charge is 0.287 e. The number of aryl methyl sites for hydroxylation is 1. The van der Waals surface area contributed by atoms with Gasteiger partial charge in [-0.15, -0.1) is 0 Å². The molecule has 2 aromatic heterocycles. The fourth-order valence-corrected chi connectivity index (χ4v) is 3.00. The lowest BCUT2D eigenvalue weighted by molar-refractivity contribution is 0.0923. The summed E-state index contributed by atoms with van der Waals surface area (Å²) in [6.07, 6.45) is 3.11. The summed E-state index contributed by atoms with van der Waals surface area (Å²) >= 11 is 0. The van der Waals surface area contributed by atoms with Gasteiger partial charge in [0, 0.05) is 11.8 Å². The lowest BCUT2D eigenvalue weighted by atomic mass is 10.2. The van der Waals surface area contributed by atoms with Crippen molar-refractivity contribution in [2.24, 2.45) is 0 Å². The number of para-hydroxylation sites is 1. The van der Waals surface area contributed by atoms with Crippen molar-refractivity contribution >= 4 is 16.9 Å². The molecule has 0 fully saturated rings. The molecule has 6 nitrogen and oxygen atoms in total. The molecule has 6 heteroatoms. The molecular weight excluding hydrogens is 294 g/mol. The normalized spacial score (nSPS) is 13.2. The van der Waals surface area contributed by atoms with Crippen LogP contribution in [0.1, 0.15) is 33.9 Å². The Labute approximate surface area is 131 Å². The Morgan fingerprint density at radius 1 is 1.30 bits per heavy atom. The summed E-state index contributed by atoms with van der Waals surface area (Å²) in [4.78, 5) is 24.3. The van der Waals surface area contributed by atoms with Gasteiger partial charge in [0.05, 0.1) is 17.6 Å². The van der Waals surface area contributed by atoms with Crippen LogP contribution in [0.5, 0.6) is 0 Å². The minimum Gasteiger partial charge on any atom is -0.451 e. The number of aromatic amines is 1. The molecule has 3 aromatic rings. The van der Waals surface area contributed by atoms with E-state index in [1.165, 1.54) is 11.6 Å². The van der Waals surface area contributed by atoms with Gasteiger partial charge < -0.3 is 9.73 Å². The van der Waals surface area contributed by atoms with Gasteiger partial charge in [0.25, 0.3) is 5.91 Å². The standard InChI is InChI=1S/C17H15N3O3/c21-14-8-16(23-15-7-2-1-4-11(14)15)17(22)18-9-13-10-5-3-6-12(10)19-20-13/h1-2,4,7-8H,3,5-6,9H2,(H,18,22)(H,19,20). The zero-order chi connectivity index (χ0) is 15.8. The van der Waals surface area contributed by atoms with Gasteiger partial charge in [-0.3, -0.25) is 14.7 Å². The van der Waals surface area contributed by atoms with Crippen molar-refractivity contribution in [3.63, 3.8) is 0 Å². The largest absolute Gasteiger partial charge is 0.451 e. The van der Waals surface area contributed by atoms with Crippen LogP contribution < -0.4 is 10.7 Å². The molecule has 0 unspecified atom stereocenters. The van der Waals surface area contributed by atoms with Crippen molar-refractivity contribution in [1.82, 2.24) is 15.5 Å². The van der Waals surface area contributed by atoms with Gasteiger partial charge in [0.2, 0.25) is 0 Å². The van der Waals surface area contributed by atoms with Gasteiger partial charge in [-0.25, -0.2) is 0 Å². The number of fused-ring (bicyclic) bond motifs is 2. The Balaban J connectivity index is 1.56. The minimum atomic E-state index is -0.414. The summed E-state index contributed by atoms with van der Waals surface area (Å²) in [5, 5.41) is 10.5. The maximum atomic E-state index is 12.3. The van der Waals surface area contributed by atoms with Crippen LogP contribution in [0.2, 0.25) is 0 Å². The van der Waals surface area contributed by atoms with Crippen LogP contribution in [0.4, 0.5) is 0 Å². The number of rotatable bonds is 3. The van der Waals surface area contributed by atoms with Gasteiger partial charge in [0.1, 0.15) is 5.58 Å². The Morgan fingerprint density at radius 2 is 2.17 bits per heavy atom. The van der Waals surface area contributed by atoms with E-state index < -0.39 is 5.91 Å². The molecule has 4 rings (SSSR count). The molecule has 0 aliphatic heterocycles. The maximum Gasteiger partial charge on any atom is 0.287 e. The lowest BCUT2D eigenvalue weighted by Crippen LogP contribution is -2.24. The van der Waals surface area contributed by atoms with Gasteiger partial charge in [-0.2, -0.15) is 5.10 Å². The van der Waals surface area contributed by atoms with Crippen molar-refractivity contribution in [3.05, 3.63) is 63.3 Å². The number of nitrogens with zero attached hydrogens (tertiary/aromatic N) is 1. The second kappa shape index (κ2) is 5.39. The van der Waals surface area contributed by atoms with E-state index >= 15 is 0 Å². The quantitative estimate of drug-likeness (QED) is 0.774. The highest BCUT2D eigenvalue weighted by Crippen LogP contribution is 2.22. The SMILES string of the molecule is O=C(NCc1n[nH]c2c1CCC2)c1cc(=O)c2ccccc2o1. The van der Waals surface area contributed by atoms with E-state index in [1.54, 1.807) is 24.3 Å². The van der Waals surface area contributed by atoms with Crippen molar-refractivity contribution in [2.45, 2.75) is 25.8 Å². The topological polar surface area (TPSA) is 88.0 Å². The highest BCUT2D eigenvalue weighted by atomic mass is 16.3. The number of benzene rings is 1. The molecule has 0 bridgehead atoms. The Bertz CT molecular complexity index is 955. The number of H-pyrrole nitrogens is 1. The van der Waals surface area contributed by atoms with Crippen LogP contribution in [-0.4, -0.2) is 16.1 Å². The van der Waals surface area contributed by atoms with E-state index in [-0.39, 0.29) is 11.2 Å². The summed E-state index contributed by atoms with van der Waals surface area (Å²) in [6, 6.07) is 8.10. The van der Waals surface area contributed by atoms with Crippen molar-refractivity contribution in [2.75, 3.05) is 0 Å². The van der Waals surface area contributed by atoms with Crippen molar-refractivity contribution in [3.8, 4) is 0 Å². The monoisotopic (exact) mass is 309 g/mol. The van der Waals surface area contributed by atoms with Crippen molar-refractivity contribution < 1.29 is 9.21 Å². The number of hydrogen-bond acceptors (Lipinski definition) is 4. The van der Waals surface area contributed by atoms with E-state index in [9.17, 15) is 9.59 Å². The molecule has 0 atom stereocenters. The third-order valence-corrected chi connectivity index (χ3v) is 4.17. The zero-order valence-electron chi connectivity index (χ0n) is 12.4. The molecule has 2 N–H and O–H groups in total. The van der Waals surface area contributed by atoms with Crippen LogP contribution >= 0.6 is 0 Å². The lowest BCUT2D eigenvalue weighted by Gasteiger charge is -2.05. The average Bonchev–Trinajstić information content (AvgIpc) is 3.16. The summed E-state index contributed by atoms with van der Waals surface area (Å²) in [6.45, 7) is 0.321. The number of amides is 1. The second-order valence-electron chi connectivity index (χ2n) is 5.63. The minimum absolute atomic E-state index is 0.0147. The number of hydrogen-bond donors (Lipinski definition) is 2. The molecular formula is C17H15N3O3. The predicted molar refractivity (Wildman–Crippen MR) is 84.3 cm³/mol. The average molecular weight is 309 g/mol. The summed E-state index contributed by atoms with van der Waals surface area (Å²) in [7, 11) is 0. The Hall–Kier alpha value is -2.89. The van der Waals surface area contributed by atoms with Crippen molar-refractivity contribution in [1.29, 1.82) is 0 Å². The molecule has 116 valence electrons. The number of carbonyl (C=O) groups excluding carboxylic acids is 1. The number of nitrogens with one attached hydrogen (secondary N) is 2. The Kier molecular flexibility index (Phi) is 3.22. The van der Waals surface area contributed by atoms with Crippen LogP contribution in [0.25, 0.3) is 11.0 Å². The first-order valence-corrected chi connectivity index (χ1v) is 7.58. The molecule has 0 saturated heterocycles. The van der Waals surface area contributed by atoms with Crippen LogP contribution in [0.3, 0.4) is 0 Å². The highest BCUT2D eigenvalue weighted by Gasteiger charge is 2.19. The molecule has 23 heavy (non-hydrogen) atoms. The predicted octanol–water partition coefficient (Wildman–Crippen LogP) is 1.93. The first kappa shape index (κ1) is 13.8. The molecule has 0 saturated carbocycles. The van der Waals surface area contributed by atoms with Gasteiger partial charge >= 0.3 is 0 Å². The molecule has 1 aliphatic carbocycles. The van der Waals surface area contributed by atoms with Crippen LogP contribution in [-0.2, 0) is 19.4 Å². The highest BCUT2D eigenvalue weighted by molar-refractivity contribution is 5.93. The fourth-order valence-electron chi connectivity index (χ4n) is 3.00. The Morgan fingerprint density at radius 3 is 3.09 bits per heavy atom. The van der Waals surface area contributed by atoms with Crippen LogP contribution in [0, 0.1) is 0 Å². The van der Waals surface area contributed by atoms with Gasteiger partial charge in [-0.1, -0.05) is 12.1 Å². The van der Waals surface area contributed by atoms with E-state index in [1.807, 2.05) is 0 Å². The summed E-state index contributed by atoms with van der Waals surface area (Å²) in [5.74, 6) is -0.400. The van der Waals surface area contributed by atoms with Crippen LogP contribution in [0.15, 0.2) is 39.5 Å². The van der Waals surface area contributed by atoms with Gasteiger partial charge in [-0.05, 0) is 37.0 Å². The first-order chi connectivity index (χ1) is 11.2. The van der Waals surface area contributed by atoms with E-state index in [0.29, 0.717) is 17.5 Å². The molecule has 1 amide bonds. The fraction of sp³-hybridized carbons (Fsp3) is 0.235. The first-order valence-electron chi connectivity index (χ1n) is 7.58. The molecule has 2 heterocycles. The number of aromatic nitrogens is 2. The molecule has 1 aromatic carbocycles.